The van der Waals surface area contributed by atoms with Gasteiger partial charge in [-0.2, -0.15) is 0 Å². The molecule has 0 radical (unpaired) electrons. The number of nitrogens with two attached hydrogens (primary N) is 1. The lowest BCUT2D eigenvalue weighted by molar-refractivity contribution is 0.283. The molecule has 21 heavy (non-hydrogen) atoms. The van der Waals surface area contributed by atoms with E-state index in [0.29, 0.717) is 18.8 Å². The second kappa shape index (κ2) is 7.87. The normalized spacial score (nSPS) is 11.1. The van der Waals surface area contributed by atoms with Gasteiger partial charge in [-0.05, 0) is 25.2 Å². The number of aliphatic hydroxyl groups excluding tert-OH is 1. The highest BCUT2D eigenvalue weighted by atomic mass is 16.3. The van der Waals surface area contributed by atoms with Crippen molar-refractivity contribution in [2.24, 2.45) is 5.92 Å². The number of unbranched alkanes of at least 4 members (excludes halogenated alkanes) is 2. The summed E-state index contributed by atoms with van der Waals surface area (Å²) in [7, 11) is 1.78. The molecule has 1 rings (SSSR count). The fourth-order valence-electron chi connectivity index (χ4n) is 2.24. The highest BCUT2D eigenvalue weighted by Gasteiger charge is 2.16. The van der Waals surface area contributed by atoms with Gasteiger partial charge in [0, 0.05) is 26.7 Å². The van der Waals surface area contributed by atoms with E-state index in [1.807, 2.05) is 13.8 Å². The van der Waals surface area contributed by atoms with E-state index in [-0.39, 0.29) is 18.3 Å². The first-order chi connectivity index (χ1) is 9.88. The molecule has 0 aliphatic heterocycles. The van der Waals surface area contributed by atoms with Crippen LogP contribution in [0.15, 0.2) is 9.59 Å². The standard InChI is InChI=1S/C14H26N4O3/c1-10(2)9-18-12(15)11(13(20)16-14(18)21)17(3)7-5-4-6-8-19/h10,19H,4-9,15H2,1-3H3,(H,16,20,21). The number of hydrogen-bond acceptors (Lipinski definition) is 5. The summed E-state index contributed by atoms with van der Waals surface area (Å²) in [5.41, 5.74) is 5.43. The number of anilines is 2. The topological polar surface area (TPSA) is 104 Å². The van der Waals surface area contributed by atoms with E-state index < -0.39 is 11.2 Å². The van der Waals surface area contributed by atoms with E-state index in [9.17, 15) is 9.59 Å². The van der Waals surface area contributed by atoms with Gasteiger partial charge in [0.05, 0.1) is 0 Å². The van der Waals surface area contributed by atoms with Crippen molar-refractivity contribution in [3.63, 3.8) is 0 Å². The smallest absolute Gasteiger partial charge is 0.330 e. The zero-order valence-electron chi connectivity index (χ0n) is 13.1. The molecule has 1 heterocycles. The SMILES string of the molecule is CC(C)Cn1c(N)c(N(C)CCCCCO)c(=O)[nH]c1=O. The average Bonchev–Trinajstić information content (AvgIpc) is 2.39. The molecule has 0 atom stereocenters. The number of H-pyrrole nitrogens is 1. The predicted molar refractivity (Wildman–Crippen MR) is 84.8 cm³/mol. The van der Waals surface area contributed by atoms with Gasteiger partial charge < -0.3 is 15.7 Å². The Morgan fingerprint density at radius 3 is 2.52 bits per heavy atom. The lowest BCUT2D eigenvalue weighted by Gasteiger charge is -2.22. The van der Waals surface area contributed by atoms with Gasteiger partial charge in [-0.25, -0.2) is 4.79 Å². The summed E-state index contributed by atoms with van der Waals surface area (Å²) in [5, 5.41) is 8.76. The van der Waals surface area contributed by atoms with E-state index in [4.69, 9.17) is 10.8 Å². The number of aromatic amines is 1. The van der Waals surface area contributed by atoms with Crippen LogP contribution in [0.5, 0.6) is 0 Å². The molecule has 0 fully saturated rings. The van der Waals surface area contributed by atoms with Crippen molar-refractivity contribution in [2.45, 2.75) is 39.7 Å². The van der Waals surface area contributed by atoms with Gasteiger partial charge in [-0.15, -0.1) is 0 Å². The summed E-state index contributed by atoms with van der Waals surface area (Å²) in [6.07, 6.45) is 2.47. The van der Waals surface area contributed by atoms with Gasteiger partial charge in [0.1, 0.15) is 11.5 Å². The second-order valence-corrected chi connectivity index (χ2v) is 5.70. The zero-order valence-corrected chi connectivity index (χ0v) is 13.1. The number of rotatable bonds is 8. The van der Waals surface area contributed by atoms with Crippen molar-refractivity contribution in [1.82, 2.24) is 9.55 Å². The first-order valence-corrected chi connectivity index (χ1v) is 7.33. The van der Waals surface area contributed by atoms with Crippen LogP contribution in [-0.2, 0) is 6.54 Å². The minimum absolute atomic E-state index is 0.172. The summed E-state index contributed by atoms with van der Waals surface area (Å²) in [6.45, 7) is 5.25. The number of nitrogen functional groups attached to an aromatic ring is 1. The third-order valence-electron chi connectivity index (χ3n) is 3.30. The Hall–Kier alpha value is -1.76. The number of aromatic nitrogens is 2. The van der Waals surface area contributed by atoms with Crippen molar-refractivity contribution in [3.05, 3.63) is 20.8 Å². The van der Waals surface area contributed by atoms with Crippen LogP contribution < -0.4 is 21.9 Å². The molecular weight excluding hydrogens is 272 g/mol. The summed E-state index contributed by atoms with van der Waals surface area (Å²) in [4.78, 5) is 27.9. The molecule has 0 unspecified atom stereocenters. The number of aliphatic hydroxyl groups is 1. The molecule has 0 aliphatic rings. The zero-order chi connectivity index (χ0) is 16.0. The van der Waals surface area contributed by atoms with Crippen LogP contribution in [-0.4, -0.2) is 34.9 Å². The van der Waals surface area contributed by atoms with Gasteiger partial charge in [0.15, 0.2) is 0 Å². The van der Waals surface area contributed by atoms with Crippen molar-refractivity contribution in [2.75, 3.05) is 30.8 Å². The van der Waals surface area contributed by atoms with E-state index in [2.05, 4.69) is 4.98 Å². The van der Waals surface area contributed by atoms with Crippen molar-refractivity contribution in [1.29, 1.82) is 0 Å². The van der Waals surface area contributed by atoms with E-state index >= 15 is 0 Å². The molecule has 0 saturated carbocycles. The first kappa shape index (κ1) is 17.3. The average molecular weight is 298 g/mol. The van der Waals surface area contributed by atoms with Crippen LogP contribution in [0, 0.1) is 5.92 Å². The molecule has 1 aromatic rings. The Labute approximate surface area is 124 Å². The Kier molecular flexibility index (Phi) is 6.48. The molecule has 0 spiro atoms. The van der Waals surface area contributed by atoms with Crippen LogP contribution in [0.2, 0.25) is 0 Å². The van der Waals surface area contributed by atoms with Gasteiger partial charge in [-0.3, -0.25) is 14.3 Å². The Morgan fingerprint density at radius 1 is 1.29 bits per heavy atom. The van der Waals surface area contributed by atoms with Crippen LogP contribution >= 0.6 is 0 Å². The van der Waals surface area contributed by atoms with Crippen molar-refractivity contribution >= 4 is 11.5 Å². The summed E-state index contributed by atoms with van der Waals surface area (Å²) < 4.78 is 1.41. The van der Waals surface area contributed by atoms with E-state index in [0.717, 1.165) is 19.3 Å². The Balaban J connectivity index is 3.00. The third-order valence-corrected chi connectivity index (χ3v) is 3.30. The maximum absolute atomic E-state index is 12.0. The molecule has 0 aliphatic carbocycles. The van der Waals surface area contributed by atoms with Crippen LogP contribution in [0.3, 0.4) is 0 Å². The molecular formula is C14H26N4O3. The molecule has 1 aromatic heterocycles. The monoisotopic (exact) mass is 298 g/mol. The minimum Gasteiger partial charge on any atom is -0.396 e. The number of nitrogens with zero attached hydrogens (tertiary/aromatic N) is 2. The maximum atomic E-state index is 12.0. The first-order valence-electron chi connectivity index (χ1n) is 7.33. The predicted octanol–water partition coefficient (Wildman–Crippen LogP) is 0.374. The molecule has 0 amide bonds. The molecule has 4 N–H and O–H groups in total. The Morgan fingerprint density at radius 2 is 1.95 bits per heavy atom. The minimum atomic E-state index is -0.469. The number of hydrogen-bond donors (Lipinski definition) is 3. The summed E-state index contributed by atoms with van der Waals surface area (Å²) >= 11 is 0. The summed E-state index contributed by atoms with van der Waals surface area (Å²) in [6, 6.07) is 0. The second-order valence-electron chi connectivity index (χ2n) is 5.70. The lowest BCUT2D eigenvalue weighted by Crippen LogP contribution is -2.38. The van der Waals surface area contributed by atoms with Crippen LogP contribution in [0.1, 0.15) is 33.1 Å². The largest absolute Gasteiger partial charge is 0.396 e. The van der Waals surface area contributed by atoms with Gasteiger partial charge in [-0.1, -0.05) is 13.8 Å². The highest BCUT2D eigenvalue weighted by Crippen LogP contribution is 2.16. The lowest BCUT2D eigenvalue weighted by atomic mass is 10.2. The molecule has 7 heteroatoms. The van der Waals surface area contributed by atoms with Gasteiger partial charge in [0.2, 0.25) is 0 Å². The highest BCUT2D eigenvalue weighted by molar-refractivity contribution is 5.61. The van der Waals surface area contributed by atoms with Crippen molar-refractivity contribution in [3.8, 4) is 0 Å². The fraction of sp³-hybridized carbons (Fsp3) is 0.714. The molecule has 7 nitrogen and oxygen atoms in total. The quantitative estimate of drug-likeness (QED) is 0.602. The molecule has 120 valence electrons. The van der Waals surface area contributed by atoms with Gasteiger partial charge in [0.25, 0.3) is 5.56 Å². The Bertz CT molecular complexity index is 562. The number of nitrogens with one attached hydrogen (secondary N) is 1. The summed E-state index contributed by atoms with van der Waals surface area (Å²) in [5.74, 6) is 0.459. The molecule has 0 bridgehead atoms. The maximum Gasteiger partial charge on any atom is 0.330 e. The van der Waals surface area contributed by atoms with Crippen LogP contribution in [0.4, 0.5) is 11.5 Å². The van der Waals surface area contributed by atoms with Crippen LogP contribution in [0.25, 0.3) is 0 Å². The third kappa shape index (κ3) is 4.63. The van der Waals surface area contributed by atoms with Crippen molar-refractivity contribution < 1.29 is 5.11 Å². The van der Waals surface area contributed by atoms with E-state index in [1.165, 1.54) is 4.57 Å². The fourth-order valence-corrected chi connectivity index (χ4v) is 2.24. The van der Waals surface area contributed by atoms with E-state index in [1.54, 1.807) is 11.9 Å². The van der Waals surface area contributed by atoms with Gasteiger partial charge >= 0.3 is 5.69 Å². The molecule has 0 saturated heterocycles. The molecule has 0 aromatic carbocycles.